The highest BCUT2D eigenvalue weighted by Crippen LogP contribution is 2.49. The van der Waals surface area contributed by atoms with Crippen LogP contribution in [0.1, 0.15) is 119 Å². The lowest BCUT2D eigenvalue weighted by Crippen LogP contribution is -2.51. The SMILES string of the molecule is COC(=O)N[C@H](C(=O)N1CCC[C@H]1c1nc2cc([C@H]3CC[C@H](c4ccc5[nH]c([C@@H]6CCCN6C(=O)[C@@H](NC(=O)OC)C(C)C)nc5c4)N3c3cc(F)c(C(F)(F)F)cc3F)ccc2[nH]1)C(C)C. The van der Waals surface area contributed by atoms with E-state index in [4.69, 9.17) is 19.4 Å². The Bertz CT molecular complexity index is 2540. The summed E-state index contributed by atoms with van der Waals surface area (Å²) in [4.78, 5) is 73.4. The molecule has 15 nitrogen and oxygen atoms in total. The van der Waals surface area contributed by atoms with Gasteiger partial charge in [0, 0.05) is 19.2 Å². The zero-order valence-corrected chi connectivity index (χ0v) is 38.0. The first-order valence-corrected chi connectivity index (χ1v) is 22.5. The van der Waals surface area contributed by atoms with Gasteiger partial charge in [-0.1, -0.05) is 39.8 Å². The predicted molar refractivity (Wildman–Crippen MR) is 236 cm³/mol. The molecular formula is C47H54F5N9O6. The molecule has 3 fully saturated rings. The Balaban J connectivity index is 1.12. The molecule has 3 saturated heterocycles. The number of alkyl carbamates (subject to hydrolysis) is 2. The highest BCUT2D eigenvalue weighted by molar-refractivity contribution is 5.87. The summed E-state index contributed by atoms with van der Waals surface area (Å²) in [6, 6.07) is 7.89. The molecule has 4 amide bonds. The summed E-state index contributed by atoms with van der Waals surface area (Å²) in [6.45, 7) is 8.20. The summed E-state index contributed by atoms with van der Waals surface area (Å²) in [5.41, 5.74) is 1.64. The number of imidazole rings is 2. The van der Waals surface area contributed by atoms with E-state index in [-0.39, 0.29) is 35.4 Å². The van der Waals surface area contributed by atoms with Crippen molar-refractivity contribution >= 4 is 51.8 Å². The van der Waals surface area contributed by atoms with Gasteiger partial charge in [-0.15, -0.1) is 0 Å². The summed E-state index contributed by atoms with van der Waals surface area (Å²) >= 11 is 0. The summed E-state index contributed by atoms with van der Waals surface area (Å²) in [6.07, 6.45) is -3.11. The fourth-order valence-corrected chi connectivity index (χ4v) is 9.95. The second-order valence-corrected chi connectivity index (χ2v) is 18.2. The van der Waals surface area contributed by atoms with Crippen LogP contribution < -0.4 is 15.5 Å². The Kier molecular flexibility index (Phi) is 13.1. The van der Waals surface area contributed by atoms with Gasteiger partial charge in [-0.25, -0.2) is 28.3 Å². The molecule has 3 aliphatic rings. The lowest BCUT2D eigenvalue weighted by atomic mass is 10.0. The van der Waals surface area contributed by atoms with Crippen LogP contribution in [0.15, 0.2) is 48.5 Å². The number of H-pyrrole nitrogens is 2. The molecule has 8 rings (SSSR count). The van der Waals surface area contributed by atoms with Crippen molar-refractivity contribution in [3.8, 4) is 0 Å². The third-order valence-electron chi connectivity index (χ3n) is 13.3. The van der Waals surface area contributed by atoms with Gasteiger partial charge in [0.1, 0.15) is 35.4 Å². The third kappa shape index (κ3) is 9.18. The van der Waals surface area contributed by atoms with Crippen molar-refractivity contribution in [3.05, 3.63) is 88.5 Å². The Morgan fingerprint density at radius 1 is 0.657 bits per heavy atom. The van der Waals surface area contributed by atoms with Gasteiger partial charge in [-0.2, -0.15) is 13.2 Å². The largest absolute Gasteiger partial charge is 0.453 e. The van der Waals surface area contributed by atoms with Gasteiger partial charge in [-0.3, -0.25) is 9.59 Å². The summed E-state index contributed by atoms with van der Waals surface area (Å²) in [7, 11) is 2.46. The number of nitrogens with zero attached hydrogens (tertiary/aromatic N) is 5. The van der Waals surface area contributed by atoms with Crippen LogP contribution in [0.4, 0.5) is 37.2 Å². The number of alkyl halides is 3. The molecule has 2 aromatic heterocycles. The first-order valence-electron chi connectivity index (χ1n) is 22.5. The zero-order valence-electron chi connectivity index (χ0n) is 38.0. The van der Waals surface area contributed by atoms with E-state index in [1.807, 2.05) is 52.0 Å². The highest BCUT2D eigenvalue weighted by Gasteiger charge is 2.42. The lowest BCUT2D eigenvalue weighted by Gasteiger charge is -2.34. The zero-order chi connectivity index (χ0) is 48.1. The number of likely N-dealkylation sites (tertiary alicyclic amines) is 2. The molecule has 3 aliphatic heterocycles. The molecule has 0 radical (unpaired) electrons. The minimum Gasteiger partial charge on any atom is -0.453 e. The minimum absolute atomic E-state index is 0.196. The fraction of sp³-hybridized carbons (Fsp3) is 0.489. The monoisotopic (exact) mass is 935 g/mol. The van der Waals surface area contributed by atoms with Crippen molar-refractivity contribution in [1.29, 1.82) is 0 Å². The van der Waals surface area contributed by atoms with Crippen LogP contribution in [-0.2, 0) is 25.2 Å². The maximum absolute atomic E-state index is 16.2. The number of hydrogen-bond donors (Lipinski definition) is 4. The van der Waals surface area contributed by atoms with E-state index in [0.29, 0.717) is 103 Å². The number of nitrogens with one attached hydrogen (secondary N) is 4. The molecule has 358 valence electrons. The van der Waals surface area contributed by atoms with E-state index in [1.165, 1.54) is 14.2 Å². The molecule has 5 heterocycles. The number of aromatic nitrogens is 4. The third-order valence-corrected chi connectivity index (χ3v) is 13.3. The maximum Gasteiger partial charge on any atom is 0.419 e. The van der Waals surface area contributed by atoms with E-state index in [0.717, 1.165) is 0 Å². The molecule has 0 unspecified atom stereocenters. The number of benzene rings is 3. The standard InChI is InChI=1S/C47H54F5N9O6/c1-23(2)39(57-45(64)66-5)43(62)59-17-7-9-36(59)41-53-30-13-11-25(19-32(30)55-41)34-15-16-35(61(34)38-22-28(48)27(21-29(38)49)47(50,51)52)26-12-14-31-33(20-26)56-42(54-31)37-10-8-18-60(37)44(63)40(24(3)4)58-46(65)67-6/h11-14,19-24,34-37,39-40H,7-10,15-18H2,1-6H3,(H,53,55)(H,54,56)(H,57,64)(H,58,65)/t34-,35-,36+,37+,39+,40+/m1/s1. The smallest absolute Gasteiger partial charge is 0.419 e. The quantitative estimate of drug-likeness (QED) is 0.0942. The molecule has 6 atom stereocenters. The molecule has 20 heteroatoms. The van der Waals surface area contributed by atoms with Gasteiger partial charge in [0.05, 0.1) is 71.7 Å². The van der Waals surface area contributed by atoms with Crippen LogP contribution in [0.5, 0.6) is 0 Å². The second-order valence-electron chi connectivity index (χ2n) is 18.2. The predicted octanol–water partition coefficient (Wildman–Crippen LogP) is 8.91. The fourth-order valence-electron chi connectivity index (χ4n) is 9.95. The van der Waals surface area contributed by atoms with E-state index in [1.54, 1.807) is 26.8 Å². The first-order chi connectivity index (χ1) is 31.9. The van der Waals surface area contributed by atoms with E-state index < -0.39 is 71.8 Å². The van der Waals surface area contributed by atoms with Crippen LogP contribution in [0.25, 0.3) is 22.1 Å². The average molecular weight is 936 g/mol. The van der Waals surface area contributed by atoms with Crippen molar-refractivity contribution in [2.45, 2.75) is 109 Å². The number of aromatic amines is 2. The van der Waals surface area contributed by atoms with Crippen molar-refractivity contribution in [1.82, 2.24) is 40.4 Å². The average Bonchev–Trinajstić information content (AvgIpc) is 4.15. The Labute approximate surface area is 383 Å². The number of amides is 4. The van der Waals surface area contributed by atoms with E-state index in [2.05, 4.69) is 20.6 Å². The second kappa shape index (κ2) is 18.7. The summed E-state index contributed by atoms with van der Waals surface area (Å²) < 4.78 is 82.6. The Morgan fingerprint density at radius 2 is 1.10 bits per heavy atom. The van der Waals surface area contributed by atoms with Crippen molar-refractivity contribution < 1.29 is 50.6 Å². The van der Waals surface area contributed by atoms with Crippen LogP contribution in [-0.4, -0.2) is 93.1 Å². The maximum atomic E-state index is 16.2. The normalized spacial score (nSPS) is 20.9. The number of carbonyl (C=O) groups excluding carboxylic acids is 4. The minimum atomic E-state index is -5.13. The van der Waals surface area contributed by atoms with E-state index in [9.17, 15) is 32.3 Å². The number of anilines is 1. The Hall–Kier alpha value is -6.47. The number of fused-ring (bicyclic) bond motifs is 2. The number of ether oxygens (including phenoxy) is 2. The van der Waals surface area contributed by atoms with Gasteiger partial charge in [0.15, 0.2) is 0 Å². The number of hydrogen-bond acceptors (Lipinski definition) is 9. The number of methoxy groups -OCH3 is 2. The molecular weight excluding hydrogens is 882 g/mol. The van der Waals surface area contributed by atoms with Crippen LogP contribution in [0.2, 0.25) is 0 Å². The van der Waals surface area contributed by atoms with Gasteiger partial charge >= 0.3 is 18.4 Å². The number of halogens is 5. The number of carbonyl (C=O) groups is 4. The van der Waals surface area contributed by atoms with Gasteiger partial charge in [0.25, 0.3) is 0 Å². The topological polar surface area (TPSA) is 178 Å². The number of rotatable bonds is 11. The molecule has 0 aliphatic carbocycles. The highest BCUT2D eigenvalue weighted by atomic mass is 19.4. The van der Waals surface area contributed by atoms with Gasteiger partial charge in [0.2, 0.25) is 11.8 Å². The summed E-state index contributed by atoms with van der Waals surface area (Å²) in [5.74, 6) is -2.78. The van der Waals surface area contributed by atoms with Crippen molar-refractivity contribution in [2.75, 3.05) is 32.2 Å². The molecule has 67 heavy (non-hydrogen) atoms. The molecule has 0 saturated carbocycles. The van der Waals surface area contributed by atoms with Gasteiger partial charge < -0.3 is 44.8 Å². The van der Waals surface area contributed by atoms with Crippen molar-refractivity contribution in [2.24, 2.45) is 11.8 Å². The molecule has 0 bridgehead atoms. The van der Waals surface area contributed by atoms with Crippen LogP contribution in [0, 0.1) is 23.5 Å². The molecule has 5 aromatic rings. The molecule has 0 spiro atoms. The first kappa shape index (κ1) is 47.0. The van der Waals surface area contributed by atoms with Gasteiger partial charge in [-0.05, 0) is 91.8 Å². The van der Waals surface area contributed by atoms with Crippen molar-refractivity contribution in [3.63, 3.8) is 0 Å². The van der Waals surface area contributed by atoms with Crippen LogP contribution >= 0.6 is 0 Å². The van der Waals surface area contributed by atoms with Crippen LogP contribution in [0.3, 0.4) is 0 Å². The lowest BCUT2D eigenvalue weighted by molar-refractivity contribution is -0.140. The molecule has 4 N–H and O–H groups in total. The van der Waals surface area contributed by atoms with E-state index >= 15 is 8.78 Å². The Morgan fingerprint density at radius 3 is 1.51 bits per heavy atom. The summed E-state index contributed by atoms with van der Waals surface area (Å²) in [5, 5.41) is 5.29. The molecule has 3 aromatic carbocycles.